The van der Waals surface area contributed by atoms with E-state index in [0.717, 1.165) is 36.1 Å². The van der Waals surface area contributed by atoms with Gasteiger partial charge < -0.3 is 9.47 Å². The van der Waals surface area contributed by atoms with Crippen molar-refractivity contribution in [3.63, 3.8) is 0 Å². The molecule has 0 heterocycles. The van der Waals surface area contributed by atoms with Gasteiger partial charge in [-0.3, -0.25) is 0 Å². The molecule has 0 bridgehead atoms. The van der Waals surface area contributed by atoms with Crippen molar-refractivity contribution >= 4 is 9.84 Å². The highest BCUT2D eigenvalue weighted by Gasteiger charge is 2.25. The lowest BCUT2D eigenvalue weighted by atomic mass is 9.78. The summed E-state index contributed by atoms with van der Waals surface area (Å²) >= 11 is 0. The fourth-order valence-corrected chi connectivity index (χ4v) is 6.29. The summed E-state index contributed by atoms with van der Waals surface area (Å²) in [6, 6.07) is 30.3. The summed E-state index contributed by atoms with van der Waals surface area (Å²) in [6.45, 7) is 15.1. The van der Waals surface area contributed by atoms with Crippen molar-refractivity contribution in [2.24, 2.45) is 0 Å². The van der Waals surface area contributed by atoms with E-state index in [2.05, 4.69) is 72.7 Å². The third-order valence-electron chi connectivity index (χ3n) is 8.86. The normalized spacial score (nSPS) is 13.0. The molecule has 4 aromatic carbocycles. The molecular formula is C37H44O4S. The molecule has 42 heavy (non-hydrogen) atoms. The van der Waals surface area contributed by atoms with Crippen LogP contribution in [0.2, 0.25) is 0 Å². The maximum atomic E-state index is 13.3. The molecule has 0 saturated carbocycles. The highest BCUT2D eigenvalue weighted by atomic mass is 32.2. The molecule has 0 aliphatic carbocycles. The van der Waals surface area contributed by atoms with Crippen LogP contribution in [0, 0.1) is 0 Å². The molecule has 0 saturated heterocycles. The first-order valence-electron chi connectivity index (χ1n) is 14.9. The average Bonchev–Trinajstić information content (AvgIpc) is 3.01. The van der Waals surface area contributed by atoms with Gasteiger partial charge >= 0.3 is 0 Å². The monoisotopic (exact) mass is 584 g/mol. The molecule has 4 rings (SSSR count). The Bertz CT molecular complexity index is 1550. The molecule has 0 spiro atoms. The first kappa shape index (κ1) is 31.4. The molecular weight excluding hydrogens is 540 g/mol. The molecule has 0 aliphatic heterocycles. The van der Waals surface area contributed by atoms with E-state index in [1.54, 1.807) is 36.4 Å². The SMILES string of the molecule is CCC(C)Oc1ccc(C(C)(C)c2ccc(Oc3ccc(S(=O)(=O)c4ccc(C(C)(CC)CC)cc4)cc3)cc2)cc1. The van der Waals surface area contributed by atoms with E-state index < -0.39 is 9.84 Å². The first-order valence-corrected chi connectivity index (χ1v) is 16.4. The Morgan fingerprint density at radius 2 is 0.976 bits per heavy atom. The summed E-state index contributed by atoms with van der Waals surface area (Å²) in [6.07, 6.45) is 3.16. The third-order valence-corrected chi connectivity index (χ3v) is 10.6. The van der Waals surface area contributed by atoms with Gasteiger partial charge in [0.2, 0.25) is 9.84 Å². The van der Waals surface area contributed by atoms with Crippen LogP contribution in [0.5, 0.6) is 17.2 Å². The molecule has 0 aliphatic rings. The summed E-state index contributed by atoms with van der Waals surface area (Å²) in [5, 5.41) is 0. The molecule has 1 unspecified atom stereocenters. The van der Waals surface area contributed by atoms with Crippen molar-refractivity contribution < 1.29 is 17.9 Å². The van der Waals surface area contributed by atoms with Crippen LogP contribution >= 0.6 is 0 Å². The van der Waals surface area contributed by atoms with Gasteiger partial charge in [0.15, 0.2) is 0 Å². The van der Waals surface area contributed by atoms with Gasteiger partial charge in [0.05, 0.1) is 15.9 Å². The molecule has 1 atom stereocenters. The second-order valence-corrected chi connectivity index (χ2v) is 13.8. The summed E-state index contributed by atoms with van der Waals surface area (Å²) in [4.78, 5) is 0.541. The Hall–Kier alpha value is -3.57. The zero-order valence-corrected chi connectivity index (χ0v) is 26.8. The summed E-state index contributed by atoms with van der Waals surface area (Å²) < 4.78 is 38.6. The van der Waals surface area contributed by atoms with Crippen LogP contribution < -0.4 is 9.47 Å². The fraction of sp³-hybridized carbons (Fsp3) is 0.351. The van der Waals surface area contributed by atoms with Crippen LogP contribution in [0.3, 0.4) is 0 Å². The van der Waals surface area contributed by atoms with Gasteiger partial charge in [-0.1, -0.05) is 77.9 Å². The maximum Gasteiger partial charge on any atom is 0.206 e. The minimum Gasteiger partial charge on any atom is -0.491 e. The average molecular weight is 585 g/mol. The molecule has 5 heteroatoms. The lowest BCUT2D eigenvalue weighted by molar-refractivity contribution is 0.217. The Labute approximate surface area is 252 Å². The molecule has 0 amide bonds. The van der Waals surface area contributed by atoms with Crippen molar-refractivity contribution in [2.75, 3.05) is 0 Å². The summed E-state index contributed by atoms with van der Waals surface area (Å²) in [5.74, 6) is 2.15. The predicted octanol–water partition coefficient (Wildman–Crippen LogP) is 9.89. The topological polar surface area (TPSA) is 52.6 Å². The van der Waals surface area contributed by atoms with Crippen LogP contribution in [0.1, 0.15) is 84.4 Å². The van der Waals surface area contributed by atoms with Gasteiger partial charge in [-0.2, -0.15) is 0 Å². The Morgan fingerprint density at radius 1 is 0.595 bits per heavy atom. The van der Waals surface area contributed by atoms with E-state index in [1.807, 2.05) is 36.4 Å². The van der Waals surface area contributed by atoms with Crippen LogP contribution in [0.25, 0.3) is 0 Å². The van der Waals surface area contributed by atoms with Gasteiger partial charge in [-0.25, -0.2) is 8.42 Å². The van der Waals surface area contributed by atoms with Crippen LogP contribution in [0.4, 0.5) is 0 Å². The predicted molar refractivity (Wildman–Crippen MR) is 172 cm³/mol. The zero-order valence-electron chi connectivity index (χ0n) is 26.0. The maximum absolute atomic E-state index is 13.3. The Morgan fingerprint density at radius 3 is 1.40 bits per heavy atom. The molecule has 0 N–H and O–H groups in total. The minimum atomic E-state index is -3.63. The highest BCUT2D eigenvalue weighted by Crippen LogP contribution is 2.35. The van der Waals surface area contributed by atoms with Crippen LogP contribution in [-0.2, 0) is 20.7 Å². The van der Waals surface area contributed by atoms with Crippen molar-refractivity contribution in [1.29, 1.82) is 0 Å². The van der Waals surface area contributed by atoms with Gasteiger partial charge in [-0.05, 0) is 109 Å². The van der Waals surface area contributed by atoms with Gasteiger partial charge in [0, 0.05) is 5.41 Å². The second-order valence-electron chi connectivity index (χ2n) is 11.9. The number of rotatable bonds is 12. The van der Waals surface area contributed by atoms with Crippen molar-refractivity contribution in [3.05, 3.63) is 114 Å². The van der Waals surface area contributed by atoms with Gasteiger partial charge in [0.1, 0.15) is 17.2 Å². The molecule has 4 aromatic rings. The highest BCUT2D eigenvalue weighted by molar-refractivity contribution is 7.91. The fourth-order valence-electron chi connectivity index (χ4n) is 5.03. The lowest BCUT2D eigenvalue weighted by Crippen LogP contribution is -2.19. The molecule has 0 fully saturated rings. The van der Waals surface area contributed by atoms with Crippen LogP contribution in [0.15, 0.2) is 107 Å². The number of hydrogen-bond donors (Lipinski definition) is 0. The standard InChI is InChI=1S/C37H44O4S/c1-8-27(4)40-31-17-11-28(12-18-31)36(5,6)29-13-19-32(20-14-29)41-33-21-25-35(26-22-33)42(38,39)34-23-15-30(16-24-34)37(7,9-2)10-3/h11-27H,8-10H2,1-7H3. The first-order chi connectivity index (χ1) is 19.9. The van der Waals surface area contributed by atoms with E-state index in [-0.39, 0.29) is 21.8 Å². The van der Waals surface area contributed by atoms with Crippen LogP contribution in [-0.4, -0.2) is 14.5 Å². The largest absolute Gasteiger partial charge is 0.491 e. The summed E-state index contributed by atoms with van der Waals surface area (Å²) in [5.41, 5.74) is 3.37. The summed E-state index contributed by atoms with van der Waals surface area (Å²) in [7, 11) is -3.63. The second kappa shape index (κ2) is 12.7. The lowest BCUT2D eigenvalue weighted by Gasteiger charge is -2.27. The van der Waals surface area contributed by atoms with E-state index in [9.17, 15) is 8.42 Å². The van der Waals surface area contributed by atoms with E-state index in [1.165, 1.54) is 5.56 Å². The van der Waals surface area contributed by atoms with Gasteiger partial charge in [0.25, 0.3) is 0 Å². The number of ether oxygens (including phenoxy) is 2. The molecule has 222 valence electrons. The minimum absolute atomic E-state index is 0.0447. The smallest absolute Gasteiger partial charge is 0.206 e. The van der Waals surface area contributed by atoms with E-state index in [0.29, 0.717) is 16.4 Å². The Kier molecular flexibility index (Phi) is 9.52. The van der Waals surface area contributed by atoms with Gasteiger partial charge in [-0.15, -0.1) is 0 Å². The number of sulfone groups is 1. The van der Waals surface area contributed by atoms with Crippen molar-refractivity contribution in [3.8, 4) is 17.2 Å². The Balaban J connectivity index is 1.44. The number of benzene rings is 4. The van der Waals surface area contributed by atoms with E-state index >= 15 is 0 Å². The van der Waals surface area contributed by atoms with E-state index in [4.69, 9.17) is 9.47 Å². The molecule has 0 radical (unpaired) electrons. The number of hydrogen-bond acceptors (Lipinski definition) is 4. The molecule has 4 nitrogen and oxygen atoms in total. The zero-order chi connectivity index (χ0) is 30.5. The van der Waals surface area contributed by atoms with Crippen molar-refractivity contribution in [1.82, 2.24) is 0 Å². The molecule has 0 aromatic heterocycles. The van der Waals surface area contributed by atoms with Crippen molar-refractivity contribution in [2.45, 2.75) is 94.5 Å². The third kappa shape index (κ3) is 6.73. The quantitative estimate of drug-likeness (QED) is 0.166.